The van der Waals surface area contributed by atoms with E-state index in [0.717, 1.165) is 6.42 Å². The smallest absolute Gasteiger partial charge is 0.336 e. The molecule has 0 aromatic heterocycles. The summed E-state index contributed by atoms with van der Waals surface area (Å²) in [5, 5.41) is 18.0. The van der Waals surface area contributed by atoms with Gasteiger partial charge in [0.2, 0.25) is 0 Å². The van der Waals surface area contributed by atoms with Crippen molar-refractivity contribution in [3.05, 3.63) is 0 Å². The third-order valence-electron chi connectivity index (χ3n) is 2.51. The zero-order valence-corrected chi connectivity index (χ0v) is 7.99. The minimum atomic E-state index is -1.15. The predicted octanol–water partition coefficient (Wildman–Crippen LogP) is 0.985. The van der Waals surface area contributed by atoms with Crippen molar-refractivity contribution in [1.29, 1.82) is 0 Å². The number of aliphatic carboxylic acids is 1. The number of ether oxygens (including phenoxy) is 1. The summed E-state index contributed by atoms with van der Waals surface area (Å²) in [4.78, 5) is 11.0. The minimum Gasteiger partial charge on any atom is -0.479 e. The maximum absolute atomic E-state index is 11.0. The van der Waals surface area contributed by atoms with E-state index >= 15 is 0 Å². The number of hydrogen-bond donors (Lipinski definition) is 2. The maximum atomic E-state index is 11.0. The van der Waals surface area contributed by atoms with Gasteiger partial charge in [0.25, 0.3) is 0 Å². The van der Waals surface area contributed by atoms with Gasteiger partial charge in [-0.3, -0.25) is 0 Å². The summed E-state index contributed by atoms with van der Waals surface area (Å²) in [6, 6.07) is 0. The average Bonchev–Trinajstić information content (AvgIpc) is 2.31. The molecule has 13 heavy (non-hydrogen) atoms. The lowest BCUT2D eigenvalue weighted by Gasteiger charge is -2.26. The van der Waals surface area contributed by atoms with Crippen LogP contribution in [0, 0.1) is 5.92 Å². The Morgan fingerprint density at radius 2 is 2.31 bits per heavy atom. The second-order valence-corrected chi connectivity index (χ2v) is 3.86. The van der Waals surface area contributed by atoms with Gasteiger partial charge in [-0.15, -0.1) is 0 Å². The lowest BCUT2D eigenvalue weighted by atomic mass is 10.0. The number of aliphatic hydroxyl groups is 1. The van der Waals surface area contributed by atoms with Crippen LogP contribution in [0.25, 0.3) is 0 Å². The summed E-state index contributed by atoms with van der Waals surface area (Å²) in [5.74, 6) is -0.604. The van der Waals surface area contributed by atoms with Gasteiger partial charge in [-0.05, 0) is 32.1 Å². The average molecular weight is 188 g/mol. The first-order valence-electron chi connectivity index (χ1n) is 4.55. The van der Waals surface area contributed by atoms with Gasteiger partial charge in [0.05, 0.1) is 0 Å². The molecule has 0 amide bonds. The fourth-order valence-corrected chi connectivity index (χ4v) is 1.92. The van der Waals surface area contributed by atoms with E-state index in [0.29, 0.717) is 18.8 Å². The van der Waals surface area contributed by atoms with Crippen LogP contribution in [0.3, 0.4) is 0 Å². The standard InChI is InChI=1S/C9H16O4/c1-6-3-4-9(5-6,8(11)12)13-7(2)10/h6-7,10H,3-5H2,1-2H3,(H,11,12)/t6?,7?,9-/m1/s1. The third kappa shape index (κ3) is 2.19. The highest BCUT2D eigenvalue weighted by Crippen LogP contribution is 2.38. The highest BCUT2D eigenvalue weighted by atomic mass is 16.6. The zero-order valence-electron chi connectivity index (χ0n) is 7.99. The molecule has 1 aliphatic carbocycles. The van der Waals surface area contributed by atoms with Crippen LogP contribution in [0.2, 0.25) is 0 Å². The van der Waals surface area contributed by atoms with Crippen molar-refractivity contribution in [2.75, 3.05) is 0 Å². The van der Waals surface area contributed by atoms with Crippen LogP contribution >= 0.6 is 0 Å². The number of aliphatic hydroxyl groups excluding tert-OH is 1. The highest BCUT2D eigenvalue weighted by molar-refractivity contribution is 5.77. The van der Waals surface area contributed by atoms with Crippen LogP contribution in [-0.2, 0) is 9.53 Å². The summed E-state index contributed by atoms with van der Waals surface area (Å²) < 4.78 is 5.09. The van der Waals surface area contributed by atoms with E-state index in [1.54, 1.807) is 0 Å². The van der Waals surface area contributed by atoms with E-state index in [1.807, 2.05) is 6.92 Å². The SMILES string of the molecule is CC1CC[C@](OC(C)O)(C(=O)O)C1. The van der Waals surface area contributed by atoms with Crippen LogP contribution in [0.5, 0.6) is 0 Å². The molecule has 1 aliphatic rings. The molecule has 0 saturated heterocycles. The van der Waals surface area contributed by atoms with Gasteiger partial charge in [-0.25, -0.2) is 4.79 Å². The number of hydrogen-bond acceptors (Lipinski definition) is 3. The van der Waals surface area contributed by atoms with Crippen molar-refractivity contribution in [3.8, 4) is 0 Å². The normalized spacial score (nSPS) is 36.1. The van der Waals surface area contributed by atoms with Crippen molar-refractivity contribution in [2.45, 2.75) is 45.0 Å². The van der Waals surface area contributed by atoms with Crippen LogP contribution < -0.4 is 0 Å². The second-order valence-electron chi connectivity index (χ2n) is 3.86. The quantitative estimate of drug-likeness (QED) is 0.648. The predicted molar refractivity (Wildman–Crippen MR) is 46.1 cm³/mol. The molecule has 0 aromatic rings. The van der Waals surface area contributed by atoms with E-state index in [4.69, 9.17) is 14.9 Å². The molecule has 0 heterocycles. The first kappa shape index (κ1) is 10.5. The van der Waals surface area contributed by atoms with Crippen molar-refractivity contribution in [2.24, 2.45) is 5.92 Å². The van der Waals surface area contributed by atoms with Gasteiger partial charge in [0.1, 0.15) is 0 Å². The van der Waals surface area contributed by atoms with Crippen molar-refractivity contribution in [3.63, 3.8) is 0 Å². The van der Waals surface area contributed by atoms with Crippen LogP contribution in [-0.4, -0.2) is 28.1 Å². The summed E-state index contributed by atoms with van der Waals surface area (Å²) in [6.45, 7) is 3.43. The van der Waals surface area contributed by atoms with E-state index in [2.05, 4.69) is 0 Å². The molecule has 4 nitrogen and oxygen atoms in total. The van der Waals surface area contributed by atoms with Gasteiger partial charge in [0.15, 0.2) is 11.9 Å². The lowest BCUT2D eigenvalue weighted by Crippen LogP contribution is -2.41. The van der Waals surface area contributed by atoms with Crippen molar-refractivity contribution in [1.82, 2.24) is 0 Å². The van der Waals surface area contributed by atoms with Crippen molar-refractivity contribution < 1.29 is 19.7 Å². The topological polar surface area (TPSA) is 66.8 Å². The molecule has 0 bridgehead atoms. The molecular formula is C9H16O4. The molecule has 4 heteroatoms. The molecule has 3 atom stereocenters. The fourth-order valence-electron chi connectivity index (χ4n) is 1.92. The Balaban J connectivity index is 2.71. The van der Waals surface area contributed by atoms with Gasteiger partial charge < -0.3 is 14.9 Å². The second kappa shape index (κ2) is 3.64. The third-order valence-corrected chi connectivity index (χ3v) is 2.51. The number of carboxylic acids is 1. The molecule has 76 valence electrons. The van der Waals surface area contributed by atoms with E-state index in [1.165, 1.54) is 6.92 Å². The Labute approximate surface area is 77.5 Å². The molecular weight excluding hydrogens is 172 g/mol. The lowest BCUT2D eigenvalue weighted by molar-refractivity contribution is -0.200. The number of carboxylic acid groups (broad SMARTS) is 1. The van der Waals surface area contributed by atoms with Crippen molar-refractivity contribution >= 4 is 5.97 Å². The minimum absolute atomic E-state index is 0.356. The molecule has 1 fully saturated rings. The van der Waals surface area contributed by atoms with E-state index in [9.17, 15) is 4.79 Å². The zero-order chi connectivity index (χ0) is 10.1. The summed E-state index contributed by atoms with van der Waals surface area (Å²) in [6.07, 6.45) is 0.821. The molecule has 1 rings (SSSR count). The molecule has 1 saturated carbocycles. The van der Waals surface area contributed by atoms with E-state index < -0.39 is 17.9 Å². The molecule has 0 aromatic carbocycles. The molecule has 0 spiro atoms. The van der Waals surface area contributed by atoms with Crippen LogP contribution in [0.1, 0.15) is 33.1 Å². The van der Waals surface area contributed by atoms with Gasteiger partial charge in [0, 0.05) is 0 Å². The first-order chi connectivity index (χ1) is 5.96. The Hall–Kier alpha value is -0.610. The Kier molecular flexibility index (Phi) is 2.93. The highest BCUT2D eigenvalue weighted by Gasteiger charge is 2.46. The van der Waals surface area contributed by atoms with Gasteiger partial charge >= 0.3 is 5.97 Å². The van der Waals surface area contributed by atoms with Gasteiger partial charge in [-0.2, -0.15) is 0 Å². The molecule has 0 radical (unpaired) electrons. The Morgan fingerprint density at radius 1 is 1.69 bits per heavy atom. The summed E-state index contributed by atoms with van der Waals surface area (Å²) in [7, 11) is 0. The fraction of sp³-hybridized carbons (Fsp3) is 0.889. The molecule has 2 N–H and O–H groups in total. The monoisotopic (exact) mass is 188 g/mol. The van der Waals surface area contributed by atoms with Crippen LogP contribution in [0.15, 0.2) is 0 Å². The largest absolute Gasteiger partial charge is 0.479 e. The maximum Gasteiger partial charge on any atom is 0.336 e. The Bertz CT molecular complexity index is 202. The van der Waals surface area contributed by atoms with Crippen LogP contribution in [0.4, 0.5) is 0 Å². The summed E-state index contributed by atoms with van der Waals surface area (Å²) >= 11 is 0. The molecule has 0 aliphatic heterocycles. The summed E-state index contributed by atoms with van der Waals surface area (Å²) in [5.41, 5.74) is -1.15. The first-order valence-corrected chi connectivity index (χ1v) is 4.55. The molecule has 2 unspecified atom stereocenters. The number of rotatable bonds is 3. The number of carbonyl (C=O) groups is 1. The van der Waals surface area contributed by atoms with E-state index in [-0.39, 0.29) is 0 Å². The Morgan fingerprint density at radius 3 is 2.62 bits per heavy atom. The van der Waals surface area contributed by atoms with Gasteiger partial charge in [-0.1, -0.05) is 6.92 Å².